The van der Waals surface area contributed by atoms with Crippen molar-refractivity contribution in [3.63, 3.8) is 0 Å². The number of pyridine rings is 1. The van der Waals surface area contributed by atoms with Crippen LogP contribution in [0.25, 0.3) is 11.5 Å². The minimum atomic E-state index is -4.23. The number of carbonyl (C=O) groups is 1. The molecule has 0 fully saturated rings. The fourth-order valence-electron chi connectivity index (χ4n) is 3.27. The van der Waals surface area contributed by atoms with Crippen LogP contribution in [0.3, 0.4) is 0 Å². The molecular weight excluding hydrogens is 480 g/mol. The van der Waals surface area contributed by atoms with Crippen molar-refractivity contribution in [3.05, 3.63) is 93.7 Å². The standard InChI is InChI=1S/C23H17BrN2O4S/c1-14-11-12-26(13-15(14)2)21-20(22(27)18-5-3-4-6-19(18)23(21)28)25-31(29,30)17-9-7-16(24)8-10-17/h3-13H,1-2H3. The maximum atomic E-state index is 13.3. The van der Waals surface area contributed by atoms with Crippen molar-refractivity contribution < 1.29 is 22.9 Å². The Hall–Kier alpha value is -3.10. The van der Waals surface area contributed by atoms with Crippen molar-refractivity contribution in [1.82, 2.24) is 0 Å². The number of aromatic nitrogens is 1. The van der Waals surface area contributed by atoms with Crippen LogP contribution < -0.4 is 9.67 Å². The maximum Gasteiger partial charge on any atom is 0.283 e. The highest BCUT2D eigenvalue weighted by Gasteiger charge is 2.35. The molecule has 2 aromatic carbocycles. The van der Waals surface area contributed by atoms with Crippen molar-refractivity contribution >= 4 is 48.9 Å². The van der Waals surface area contributed by atoms with E-state index in [-0.39, 0.29) is 21.7 Å². The number of halogens is 1. The molecule has 0 unspecified atom stereocenters. The molecule has 0 saturated carbocycles. The number of Topliss-reactive ketones (excluding diaryl/α,β-unsaturated/α-hetero) is 1. The lowest BCUT2D eigenvalue weighted by atomic mass is 9.91. The fraction of sp³-hybridized carbons (Fsp3) is 0.0870. The van der Waals surface area contributed by atoms with Gasteiger partial charge in [0.25, 0.3) is 10.0 Å². The molecular formula is C23H17BrN2O4S. The number of rotatable bonds is 3. The van der Waals surface area contributed by atoms with Gasteiger partial charge in [-0.25, -0.2) is 0 Å². The van der Waals surface area contributed by atoms with Gasteiger partial charge in [-0.15, -0.1) is 4.40 Å². The van der Waals surface area contributed by atoms with E-state index in [1.165, 1.54) is 22.8 Å². The Labute approximate surface area is 188 Å². The highest BCUT2D eigenvalue weighted by molar-refractivity contribution is 9.10. The van der Waals surface area contributed by atoms with Crippen LogP contribution in [-0.4, -0.2) is 19.9 Å². The van der Waals surface area contributed by atoms with Crippen molar-refractivity contribution in [1.29, 1.82) is 0 Å². The van der Waals surface area contributed by atoms with Crippen LogP contribution in [0.1, 0.15) is 27.0 Å². The van der Waals surface area contributed by atoms with Crippen LogP contribution in [0.15, 0.2) is 80.8 Å². The minimum Gasteiger partial charge on any atom is -0.867 e. The largest absolute Gasteiger partial charge is 0.867 e. The lowest BCUT2D eigenvalue weighted by molar-refractivity contribution is -0.578. The molecule has 0 saturated heterocycles. The summed E-state index contributed by atoms with van der Waals surface area (Å²) in [6.07, 6.45) is 3.31. The van der Waals surface area contributed by atoms with E-state index < -0.39 is 27.3 Å². The highest BCUT2D eigenvalue weighted by Crippen LogP contribution is 2.28. The number of nitrogens with zero attached hydrogens (tertiary/aromatic N) is 2. The summed E-state index contributed by atoms with van der Waals surface area (Å²) in [6.45, 7) is 3.78. The molecule has 156 valence electrons. The van der Waals surface area contributed by atoms with Crippen LogP contribution in [0.2, 0.25) is 0 Å². The molecule has 4 rings (SSSR count). The molecule has 0 amide bonds. The first-order chi connectivity index (χ1) is 14.7. The number of carbonyl (C=O) groups excluding carboxylic acids is 1. The Kier molecular flexibility index (Phi) is 5.36. The van der Waals surface area contributed by atoms with Gasteiger partial charge in [-0.2, -0.15) is 13.0 Å². The molecule has 1 aliphatic carbocycles. The smallest absolute Gasteiger partial charge is 0.283 e. The molecule has 1 aromatic heterocycles. The van der Waals surface area contributed by atoms with Crippen LogP contribution in [0.4, 0.5) is 0 Å². The van der Waals surface area contributed by atoms with Crippen LogP contribution >= 0.6 is 15.9 Å². The maximum absolute atomic E-state index is 13.3. The Bertz CT molecular complexity index is 1390. The summed E-state index contributed by atoms with van der Waals surface area (Å²) in [5.41, 5.74) is 1.73. The third-order valence-corrected chi connectivity index (χ3v) is 6.91. The molecule has 0 spiro atoms. The number of hydrogen-bond acceptors (Lipinski definition) is 4. The van der Waals surface area contributed by atoms with E-state index in [4.69, 9.17) is 0 Å². The Balaban J connectivity index is 1.99. The number of benzene rings is 2. The van der Waals surface area contributed by atoms with Gasteiger partial charge in [0.05, 0.1) is 4.90 Å². The first kappa shape index (κ1) is 21.1. The van der Waals surface area contributed by atoms with Crippen molar-refractivity contribution in [2.75, 3.05) is 0 Å². The average molecular weight is 497 g/mol. The van der Waals surface area contributed by atoms with Crippen molar-refractivity contribution in [3.8, 4) is 0 Å². The average Bonchev–Trinajstić information content (AvgIpc) is 2.74. The van der Waals surface area contributed by atoms with Gasteiger partial charge in [0.1, 0.15) is 0 Å². The first-order valence-electron chi connectivity index (χ1n) is 9.34. The first-order valence-corrected chi connectivity index (χ1v) is 11.6. The number of ketones is 1. The molecule has 31 heavy (non-hydrogen) atoms. The van der Waals surface area contributed by atoms with E-state index in [1.807, 2.05) is 13.8 Å². The summed E-state index contributed by atoms with van der Waals surface area (Å²) >= 11 is 3.26. The zero-order chi connectivity index (χ0) is 22.3. The Morgan fingerprint density at radius 3 is 2.23 bits per heavy atom. The summed E-state index contributed by atoms with van der Waals surface area (Å²) in [6, 6.07) is 14.0. The summed E-state index contributed by atoms with van der Waals surface area (Å²) < 4.78 is 32.0. The Morgan fingerprint density at radius 1 is 0.935 bits per heavy atom. The predicted octanol–water partition coefficient (Wildman–Crippen LogP) is 3.07. The van der Waals surface area contributed by atoms with E-state index in [0.29, 0.717) is 4.47 Å². The van der Waals surface area contributed by atoms with Crippen LogP contribution in [0, 0.1) is 13.8 Å². The fourth-order valence-corrected chi connectivity index (χ4v) is 4.53. The Morgan fingerprint density at radius 2 is 1.58 bits per heavy atom. The zero-order valence-electron chi connectivity index (χ0n) is 16.7. The van der Waals surface area contributed by atoms with Crippen LogP contribution in [0.5, 0.6) is 0 Å². The second-order valence-electron chi connectivity index (χ2n) is 7.14. The molecule has 0 bridgehead atoms. The zero-order valence-corrected chi connectivity index (χ0v) is 19.1. The quantitative estimate of drug-likeness (QED) is 0.521. The molecule has 1 aliphatic rings. The minimum absolute atomic E-state index is 0.0771. The normalized spacial score (nSPS) is 15.3. The second-order valence-corrected chi connectivity index (χ2v) is 9.66. The topological polar surface area (TPSA) is 90.5 Å². The van der Waals surface area contributed by atoms with Crippen LogP contribution in [-0.2, 0) is 10.0 Å². The number of fused-ring (bicyclic) bond motifs is 1. The van der Waals surface area contributed by atoms with E-state index >= 15 is 0 Å². The van der Waals surface area contributed by atoms with Gasteiger partial charge in [-0.3, -0.25) is 4.79 Å². The van der Waals surface area contributed by atoms with Gasteiger partial charge in [-0.1, -0.05) is 40.2 Å². The molecule has 8 heteroatoms. The van der Waals surface area contributed by atoms with Gasteiger partial charge in [0.15, 0.2) is 18.1 Å². The molecule has 0 atom stereocenters. The highest BCUT2D eigenvalue weighted by atomic mass is 79.9. The number of allylic oxidation sites excluding steroid dienone is 1. The summed E-state index contributed by atoms with van der Waals surface area (Å²) in [5, 5.41) is 13.3. The summed E-state index contributed by atoms with van der Waals surface area (Å²) in [7, 11) is -4.23. The van der Waals surface area contributed by atoms with Gasteiger partial charge in [0, 0.05) is 21.7 Å². The number of sulfonamides is 1. The second kappa shape index (κ2) is 7.86. The molecule has 6 nitrogen and oxygen atoms in total. The van der Waals surface area contributed by atoms with E-state index in [1.54, 1.807) is 48.8 Å². The number of aryl methyl sites for hydroxylation is 2. The third kappa shape index (κ3) is 3.84. The number of hydrogen-bond donors (Lipinski definition) is 0. The van der Waals surface area contributed by atoms with Gasteiger partial charge >= 0.3 is 0 Å². The van der Waals surface area contributed by atoms with Crippen molar-refractivity contribution in [2.45, 2.75) is 18.7 Å². The molecule has 3 aromatic rings. The SMILES string of the molecule is Cc1cc[n+](C2=C([O-])c3ccccc3C(=O)/C2=N\S(=O)(=O)c2ccc(Br)cc2)cc1C. The van der Waals surface area contributed by atoms with E-state index in [9.17, 15) is 18.3 Å². The molecule has 1 heterocycles. The third-order valence-electron chi connectivity index (χ3n) is 5.09. The molecule has 0 N–H and O–H groups in total. The summed E-state index contributed by atoms with van der Waals surface area (Å²) in [4.78, 5) is 13.2. The molecule has 0 radical (unpaired) electrons. The monoisotopic (exact) mass is 496 g/mol. The van der Waals surface area contributed by atoms with Gasteiger partial charge < -0.3 is 5.11 Å². The lowest BCUT2D eigenvalue weighted by Gasteiger charge is -2.23. The van der Waals surface area contributed by atoms with E-state index in [2.05, 4.69) is 20.3 Å². The van der Waals surface area contributed by atoms with Crippen molar-refractivity contribution in [2.24, 2.45) is 4.40 Å². The predicted molar refractivity (Wildman–Crippen MR) is 119 cm³/mol. The summed E-state index contributed by atoms with van der Waals surface area (Å²) in [5.74, 6) is -1.08. The molecule has 0 aliphatic heterocycles. The van der Waals surface area contributed by atoms with Gasteiger partial charge in [-0.05, 0) is 55.0 Å². The van der Waals surface area contributed by atoms with Gasteiger partial charge in [0.2, 0.25) is 11.5 Å². The van der Waals surface area contributed by atoms with E-state index in [0.717, 1.165) is 11.1 Å². The lowest BCUT2D eigenvalue weighted by Crippen LogP contribution is -2.44.